The van der Waals surface area contributed by atoms with E-state index in [4.69, 9.17) is 4.74 Å². The van der Waals surface area contributed by atoms with Gasteiger partial charge in [0.2, 0.25) is 0 Å². The first-order chi connectivity index (χ1) is 14.0. The second-order valence-corrected chi connectivity index (χ2v) is 8.28. The summed E-state index contributed by atoms with van der Waals surface area (Å²) in [7, 11) is 0. The van der Waals surface area contributed by atoms with Gasteiger partial charge < -0.3 is 10.1 Å². The number of carbonyl (C=O) groups excluding carboxylic acids is 2. The lowest BCUT2D eigenvalue weighted by atomic mass is 9.69. The topological polar surface area (TPSA) is 55.4 Å². The first-order valence-electron chi connectivity index (χ1n) is 9.67. The molecule has 0 saturated carbocycles. The lowest BCUT2D eigenvalue weighted by Crippen LogP contribution is -2.41. The zero-order valence-electron chi connectivity index (χ0n) is 16.3. The highest BCUT2D eigenvalue weighted by atomic mass is 32.1. The van der Waals surface area contributed by atoms with Gasteiger partial charge in [-0.05, 0) is 43.0 Å². The summed E-state index contributed by atoms with van der Waals surface area (Å²) in [5.74, 6) is -1.73. The molecule has 1 aromatic carbocycles. The van der Waals surface area contributed by atoms with Crippen LogP contribution in [0.2, 0.25) is 0 Å². The number of allylic oxidation sites excluding steroid dienone is 3. The van der Waals surface area contributed by atoms with Crippen molar-refractivity contribution in [3.05, 3.63) is 81.1 Å². The maximum atomic E-state index is 13.5. The molecule has 6 heteroatoms. The lowest BCUT2D eigenvalue weighted by molar-refractivity contribution is -0.139. The third-order valence-electron chi connectivity index (χ3n) is 5.50. The molecule has 29 heavy (non-hydrogen) atoms. The Bertz CT molecular complexity index is 992. The fourth-order valence-corrected chi connectivity index (χ4v) is 5.07. The van der Waals surface area contributed by atoms with Crippen molar-refractivity contribution >= 4 is 23.1 Å². The van der Waals surface area contributed by atoms with Crippen molar-refractivity contribution in [3.63, 3.8) is 0 Å². The monoisotopic (exact) mass is 411 g/mol. The van der Waals surface area contributed by atoms with E-state index in [1.165, 1.54) is 12.1 Å². The molecule has 0 fully saturated rings. The van der Waals surface area contributed by atoms with Crippen molar-refractivity contribution in [2.45, 2.75) is 32.1 Å². The molecule has 1 aliphatic carbocycles. The van der Waals surface area contributed by atoms with Crippen LogP contribution in [0, 0.1) is 11.7 Å². The number of carbonyl (C=O) groups is 2. The summed E-state index contributed by atoms with van der Waals surface area (Å²) < 4.78 is 18.8. The normalized spacial score (nSPS) is 23.9. The van der Waals surface area contributed by atoms with Gasteiger partial charge in [-0.1, -0.05) is 24.3 Å². The Balaban J connectivity index is 1.83. The highest BCUT2D eigenvalue weighted by Crippen LogP contribution is 2.46. The van der Waals surface area contributed by atoms with Crippen LogP contribution in [0.15, 0.2) is 64.8 Å². The van der Waals surface area contributed by atoms with E-state index in [9.17, 15) is 14.0 Å². The molecule has 4 nitrogen and oxygen atoms in total. The van der Waals surface area contributed by atoms with E-state index >= 15 is 0 Å². The molecule has 1 aromatic heterocycles. The number of benzene rings is 1. The first-order valence-corrected chi connectivity index (χ1v) is 10.6. The fourth-order valence-electron chi connectivity index (χ4n) is 4.27. The lowest BCUT2D eigenvalue weighted by Gasteiger charge is -2.39. The minimum atomic E-state index is -0.514. The van der Waals surface area contributed by atoms with Crippen LogP contribution in [0.4, 0.5) is 4.39 Å². The third kappa shape index (κ3) is 3.65. The summed E-state index contributed by atoms with van der Waals surface area (Å²) in [5, 5.41) is 5.29. The number of ketones is 1. The second kappa shape index (κ2) is 7.95. The van der Waals surface area contributed by atoms with Crippen LogP contribution in [-0.2, 0) is 14.3 Å². The number of Topliss-reactive ketones (excluding diaryl/α,β-unsaturated/α-hetero) is 1. The number of hydrogen-bond donors (Lipinski definition) is 1. The molecule has 2 aliphatic rings. The molecule has 3 atom stereocenters. The van der Waals surface area contributed by atoms with Crippen LogP contribution in [-0.4, -0.2) is 18.4 Å². The summed E-state index contributed by atoms with van der Waals surface area (Å²) in [6, 6.07) is 10.0. The highest BCUT2D eigenvalue weighted by molar-refractivity contribution is 7.10. The van der Waals surface area contributed by atoms with E-state index in [0.29, 0.717) is 17.7 Å². The Morgan fingerprint density at radius 3 is 2.66 bits per heavy atom. The van der Waals surface area contributed by atoms with Crippen molar-refractivity contribution in [2.24, 2.45) is 5.92 Å². The van der Waals surface area contributed by atoms with Gasteiger partial charge in [0, 0.05) is 34.5 Å². The van der Waals surface area contributed by atoms with Gasteiger partial charge in [-0.15, -0.1) is 11.3 Å². The van der Waals surface area contributed by atoms with Crippen LogP contribution < -0.4 is 5.32 Å². The molecule has 150 valence electrons. The smallest absolute Gasteiger partial charge is 0.336 e. The zero-order chi connectivity index (χ0) is 20.5. The summed E-state index contributed by atoms with van der Waals surface area (Å²) in [5.41, 5.74) is 2.64. The summed E-state index contributed by atoms with van der Waals surface area (Å²) in [4.78, 5) is 27.2. The Morgan fingerprint density at radius 2 is 2.00 bits per heavy atom. The van der Waals surface area contributed by atoms with Crippen molar-refractivity contribution in [1.82, 2.24) is 5.32 Å². The molecule has 4 rings (SSSR count). The fraction of sp³-hybridized carbons (Fsp3) is 0.304. The maximum Gasteiger partial charge on any atom is 0.336 e. The predicted octanol–water partition coefficient (Wildman–Crippen LogP) is 4.67. The number of nitrogens with one attached hydrogen (secondary N) is 1. The standard InChI is InChI=1S/C23H22FNO3S/c1-3-28-23(27)20-13(2)25-17-11-15(19-5-4-10-29-19)12-18(26)22(17)21(20)14-6-8-16(24)9-7-14/h4-11,15,21-22,25H,3,12H2,1-2H3. The number of fused-ring (bicyclic) bond motifs is 1. The average molecular weight is 411 g/mol. The molecule has 0 amide bonds. The molecule has 0 spiro atoms. The van der Waals surface area contributed by atoms with Gasteiger partial charge in [0.1, 0.15) is 11.6 Å². The van der Waals surface area contributed by atoms with Crippen LogP contribution in [0.5, 0.6) is 0 Å². The van der Waals surface area contributed by atoms with Gasteiger partial charge in [0.15, 0.2) is 0 Å². The Hall–Kier alpha value is -2.73. The molecule has 1 aliphatic heterocycles. The SMILES string of the molecule is CCOC(=O)C1=C(C)NC2=CC(c3cccs3)CC(=O)C2C1c1ccc(F)cc1. The number of hydrogen-bond acceptors (Lipinski definition) is 5. The highest BCUT2D eigenvalue weighted by Gasteiger charge is 2.45. The number of ether oxygens (including phenoxy) is 1. The molecular formula is C23H22FNO3S. The van der Waals surface area contributed by atoms with Crippen molar-refractivity contribution in [3.8, 4) is 0 Å². The van der Waals surface area contributed by atoms with Gasteiger partial charge >= 0.3 is 5.97 Å². The molecule has 2 aromatic rings. The second-order valence-electron chi connectivity index (χ2n) is 7.31. The quantitative estimate of drug-likeness (QED) is 0.743. The summed E-state index contributed by atoms with van der Waals surface area (Å²) in [6.45, 7) is 3.81. The van der Waals surface area contributed by atoms with Gasteiger partial charge in [-0.3, -0.25) is 4.79 Å². The predicted molar refractivity (Wildman–Crippen MR) is 110 cm³/mol. The van der Waals surface area contributed by atoms with Gasteiger partial charge in [0.05, 0.1) is 18.1 Å². The van der Waals surface area contributed by atoms with E-state index in [0.717, 1.165) is 16.1 Å². The minimum absolute atomic E-state index is 0.0204. The average Bonchev–Trinajstić information content (AvgIpc) is 3.22. The maximum absolute atomic E-state index is 13.5. The van der Waals surface area contributed by atoms with E-state index in [2.05, 4.69) is 11.4 Å². The van der Waals surface area contributed by atoms with E-state index in [1.807, 2.05) is 24.4 Å². The van der Waals surface area contributed by atoms with Gasteiger partial charge in [-0.25, -0.2) is 9.18 Å². The van der Waals surface area contributed by atoms with Gasteiger partial charge in [-0.2, -0.15) is 0 Å². The Kier molecular flexibility index (Phi) is 5.37. The van der Waals surface area contributed by atoms with Crippen LogP contribution in [0.1, 0.15) is 42.5 Å². The minimum Gasteiger partial charge on any atom is -0.463 e. The largest absolute Gasteiger partial charge is 0.463 e. The van der Waals surface area contributed by atoms with Crippen LogP contribution in [0.3, 0.4) is 0 Å². The van der Waals surface area contributed by atoms with Crippen LogP contribution in [0.25, 0.3) is 0 Å². The Morgan fingerprint density at radius 1 is 1.24 bits per heavy atom. The van der Waals surface area contributed by atoms with E-state index in [-0.39, 0.29) is 24.1 Å². The van der Waals surface area contributed by atoms with Crippen LogP contribution >= 0.6 is 11.3 Å². The number of thiophene rings is 1. The summed E-state index contributed by atoms with van der Waals surface area (Å²) in [6.07, 6.45) is 2.48. The molecular weight excluding hydrogens is 389 g/mol. The van der Waals surface area contributed by atoms with Crippen molar-refractivity contribution < 1.29 is 18.7 Å². The molecule has 0 saturated heterocycles. The van der Waals surface area contributed by atoms with Crippen molar-refractivity contribution in [2.75, 3.05) is 6.61 Å². The molecule has 1 N–H and O–H groups in total. The van der Waals surface area contributed by atoms with Gasteiger partial charge in [0.25, 0.3) is 0 Å². The zero-order valence-corrected chi connectivity index (χ0v) is 17.1. The summed E-state index contributed by atoms with van der Waals surface area (Å²) >= 11 is 1.63. The molecule has 0 bridgehead atoms. The number of rotatable bonds is 4. The first kappa shape index (κ1) is 19.6. The molecule has 3 unspecified atom stereocenters. The number of halogens is 1. The molecule has 0 radical (unpaired) electrons. The van der Waals surface area contributed by atoms with E-state index < -0.39 is 17.8 Å². The number of esters is 1. The van der Waals surface area contributed by atoms with Crippen molar-refractivity contribution in [1.29, 1.82) is 0 Å². The van der Waals surface area contributed by atoms with E-state index in [1.54, 1.807) is 30.4 Å². The molecule has 2 heterocycles. The third-order valence-corrected chi connectivity index (χ3v) is 6.50. The Labute approximate surface area is 173 Å².